The summed E-state index contributed by atoms with van der Waals surface area (Å²) < 4.78 is 4.45. The van der Waals surface area contributed by atoms with Crippen LogP contribution in [-0.2, 0) is 9.53 Å². The van der Waals surface area contributed by atoms with E-state index in [0.29, 0.717) is 0 Å². The highest BCUT2D eigenvalue weighted by molar-refractivity contribution is 6.83. The third kappa shape index (κ3) is 4.75. The second kappa shape index (κ2) is 4.12. The highest BCUT2D eigenvalue weighted by atomic mass is 28.3. The van der Waals surface area contributed by atoms with Gasteiger partial charge in [0.2, 0.25) is 0 Å². The van der Waals surface area contributed by atoms with Gasteiger partial charge in [0, 0.05) is 0 Å². The molecule has 0 atom stereocenters. The Morgan fingerprint density at radius 2 is 1.92 bits per heavy atom. The number of carbonyl (C=O) groups is 1. The molecule has 0 aliphatic rings. The van der Waals surface area contributed by atoms with E-state index in [1.165, 1.54) is 7.11 Å². The van der Waals surface area contributed by atoms with Crippen molar-refractivity contribution in [2.45, 2.75) is 19.6 Å². The van der Waals surface area contributed by atoms with Gasteiger partial charge in [0.05, 0.1) is 7.11 Å². The fraction of sp³-hybridized carbons (Fsp3) is 0.444. The summed E-state index contributed by atoms with van der Waals surface area (Å²) >= 11 is 0. The fourth-order valence-corrected chi connectivity index (χ4v) is 0.963. The van der Waals surface area contributed by atoms with E-state index in [1.54, 1.807) is 0 Å². The van der Waals surface area contributed by atoms with Gasteiger partial charge in [0.1, 0.15) is 13.6 Å². The van der Waals surface area contributed by atoms with Gasteiger partial charge in [-0.2, -0.15) is 0 Å². The molecule has 0 aromatic carbocycles. The van der Waals surface area contributed by atoms with Crippen LogP contribution >= 0.6 is 0 Å². The highest BCUT2D eigenvalue weighted by Crippen LogP contribution is 1.98. The third-order valence-corrected chi connectivity index (χ3v) is 1.90. The number of rotatable bonds is 1. The van der Waals surface area contributed by atoms with Crippen molar-refractivity contribution in [1.29, 1.82) is 0 Å². The first kappa shape index (κ1) is 11.0. The average Bonchev–Trinajstić information content (AvgIpc) is 1.97. The predicted molar refractivity (Wildman–Crippen MR) is 52.3 cm³/mol. The summed E-state index contributed by atoms with van der Waals surface area (Å²) in [6, 6.07) is 0. The molecule has 0 aliphatic carbocycles. The molecule has 0 fully saturated rings. The molecule has 0 radical (unpaired) electrons. The Hall–Kier alpha value is -1.01. The second-order valence-corrected chi connectivity index (χ2v) is 8.22. The molecule has 0 rings (SSSR count). The van der Waals surface area contributed by atoms with Gasteiger partial charge < -0.3 is 4.74 Å². The van der Waals surface area contributed by atoms with Crippen molar-refractivity contribution in [1.82, 2.24) is 0 Å². The molecule has 0 bridgehead atoms. The van der Waals surface area contributed by atoms with Crippen LogP contribution in [0.2, 0.25) is 19.6 Å². The molecular formula is C9H14O2Si. The van der Waals surface area contributed by atoms with Gasteiger partial charge in [-0.1, -0.05) is 32.1 Å². The van der Waals surface area contributed by atoms with Crippen molar-refractivity contribution in [3.8, 4) is 11.5 Å². The second-order valence-electron chi connectivity index (χ2n) is 3.47. The standard InChI is InChI=1S/C9H14O2Si/c1-8(9(10)11-2)6-7-12(3,4)5/h1H2,2-5H3. The maximum atomic E-state index is 10.8. The lowest BCUT2D eigenvalue weighted by Gasteiger charge is -2.03. The lowest BCUT2D eigenvalue weighted by Crippen LogP contribution is -2.16. The highest BCUT2D eigenvalue weighted by Gasteiger charge is 2.09. The molecule has 0 N–H and O–H groups in total. The lowest BCUT2D eigenvalue weighted by molar-refractivity contribution is -0.135. The number of hydrogen-bond donors (Lipinski definition) is 0. The first-order valence-corrected chi connectivity index (χ1v) is 7.17. The number of ether oxygens (including phenoxy) is 1. The molecule has 3 heteroatoms. The fourth-order valence-electron chi connectivity index (χ4n) is 0.437. The summed E-state index contributed by atoms with van der Waals surface area (Å²) in [7, 11) is -0.0852. The van der Waals surface area contributed by atoms with Crippen LogP contribution < -0.4 is 0 Å². The zero-order valence-electron chi connectivity index (χ0n) is 8.02. The summed E-state index contributed by atoms with van der Waals surface area (Å²) in [6.07, 6.45) is 0. The molecule has 0 saturated heterocycles. The third-order valence-electron chi connectivity index (χ3n) is 1.02. The van der Waals surface area contributed by atoms with Crippen molar-refractivity contribution >= 4 is 14.0 Å². The van der Waals surface area contributed by atoms with Crippen LogP contribution in [-0.4, -0.2) is 21.2 Å². The molecule has 12 heavy (non-hydrogen) atoms. The van der Waals surface area contributed by atoms with Gasteiger partial charge >= 0.3 is 5.97 Å². The molecule has 0 spiro atoms. The molecule has 2 nitrogen and oxygen atoms in total. The van der Waals surface area contributed by atoms with Crippen LogP contribution in [0, 0.1) is 11.5 Å². The Morgan fingerprint density at radius 3 is 2.25 bits per heavy atom. The molecule has 0 aromatic heterocycles. The van der Waals surface area contributed by atoms with Gasteiger partial charge in [0.25, 0.3) is 0 Å². The Bertz CT molecular complexity index is 250. The summed E-state index contributed by atoms with van der Waals surface area (Å²) in [5.41, 5.74) is 3.26. The van der Waals surface area contributed by atoms with Crippen molar-refractivity contribution in [2.24, 2.45) is 0 Å². The van der Waals surface area contributed by atoms with E-state index in [-0.39, 0.29) is 5.57 Å². The molecular weight excluding hydrogens is 168 g/mol. The molecule has 0 amide bonds. The van der Waals surface area contributed by atoms with E-state index in [9.17, 15) is 4.79 Å². The van der Waals surface area contributed by atoms with Crippen LogP contribution in [0.5, 0.6) is 0 Å². The van der Waals surface area contributed by atoms with Crippen molar-refractivity contribution in [3.05, 3.63) is 12.2 Å². The Labute approximate surface area is 74.6 Å². The maximum absolute atomic E-state index is 10.8. The van der Waals surface area contributed by atoms with Gasteiger partial charge in [-0.15, -0.1) is 5.54 Å². The minimum absolute atomic E-state index is 0.236. The van der Waals surface area contributed by atoms with E-state index in [1.807, 2.05) is 0 Å². The molecule has 0 heterocycles. The molecule has 66 valence electrons. The van der Waals surface area contributed by atoms with E-state index in [0.717, 1.165) is 0 Å². The number of hydrogen-bond acceptors (Lipinski definition) is 2. The topological polar surface area (TPSA) is 26.3 Å². The minimum Gasteiger partial charge on any atom is -0.465 e. The van der Waals surface area contributed by atoms with E-state index < -0.39 is 14.0 Å². The van der Waals surface area contributed by atoms with E-state index in [2.05, 4.69) is 42.4 Å². The SMILES string of the molecule is C=C(C#C[Si](C)(C)C)C(=O)OC. The van der Waals surface area contributed by atoms with Crippen molar-refractivity contribution < 1.29 is 9.53 Å². The van der Waals surface area contributed by atoms with Gasteiger partial charge in [-0.05, 0) is 0 Å². The molecule has 0 saturated carbocycles. The molecule has 0 unspecified atom stereocenters. The Morgan fingerprint density at radius 1 is 1.42 bits per heavy atom. The zero-order chi connectivity index (χ0) is 9.78. The predicted octanol–water partition coefficient (Wildman–Crippen LogP) is 1.60. The first-order chi connectivity index (χ1) is 5.37. The summed E-state index contributed by atoms with van der Waals surface area (Å²) in [5, 5.41) is 0. The first-order valence-electron chi connectivity index (χ1n) is 3.67. The summed E-state index contributed by atoms with van der Waals surface area (Å²) in [5.74, 6) is 2.27. The average molecular weight is 182 g/mol. The van der Waals surface area contributed by atoms with Gasteiger partial charge in [0.15, 0.2) is 0 Å². The number of esters is 1. The van der Waals surface area contributed by atoms with Crippen LogP contribution in [0.1, 0.15) is 0 Å². The van der Waals surface area contributed by atoms with Crippen LogP contribution in [0.4, 0.5) is 0 Å². The summed E-state index contributed by atoms with van der Waals surface area (Å²) in [6.45, 7) is 9.81. The quantitative estimate of drug-likeness (QED) is 0.266. The molecule has 0 aromatic rings. The normalized spacial score (nSPS) is 9.67. The molecule has 0 aliphatic heterocycles. The minimum atomic E-state index is -1.41. The number of methoxy groups -OCH3 is 1. The Kier molecular flexibility index (Phi) is 3.77. The van der Waals surface area contributed by atoms with Crippen LogP contribution in [0.15, 0.2) is 12.2 Å². The van der Waals surface area contributed by atoms with Crippen molar-refractivity contribution in [2.75, 3.05) is 7.11 Å². The van der Waals surface area contributed by atoms with Crippen LogP contribution in [0.3, 0.4) is 0 Å². The van der Waals surface area contributed by atoms with Crippen LogP contribution in [0.25, 0.3) is 0 Å². The zero-order valence-corrected chi connectivity index (χ0v) is 9.02. The largest absolute Gasteiger partial charge is 0.465 e. The maximum Gasteiger partial charge on any atom is 0.345 e. The lowest BCUT2D eigenvalue weighted by atomic mass is 10.3. The van der Waals surface area contributed by atoms with E-state index in [4.69, 9.17) is 0 Å². The summed E-state index contributed by atoms with van der Waals surface area (Å²) in [4.78, 5) is 10.8. The Balaban J connectivity index is 4.34. The van der Waals surface area contributed by atoms with Gasteiger partial charge in [-0.25, -0.2) is 4.79 Å². The monoisotopic (exact) mass is 182 g/mol. The smallest absolute Gasteiger partial charge is 0.345 e. The van der Waals surface area contributed by atoms with Gasteiger partial charge in [-0.3, -0.25) is 0 Å². The number of carbonyl (C=O) groups excluding carboxylic acids is 1. The van der Waals surface area contributed by atoms with Crippen molar-refractivity contribution in [3.63, 3.8) is 0 Å². The van der Waals surface area contributed by atoms with E-state index >= 15 is 0 Å².